The zero-order valence-electron chi connectivity index (χ0n) is 10.4. The van der Waals surface area contributed by atoms with Crippen LogP contribution in [0.4, 0.5) is 0 Å². The number of nitrogens with zero attached hydrogens (tertiary/aromatic N) is 1. The van der Waals surface area contributed by atoms with E-state index in [2.05, 4.69) is 11.5 Å². The van der Waals surface area contributed by atoms with Gasteiger partial charge in [0.15, 0.2) is 0 Å². The predicted octanol–water partition coefficient (Wildman–Crippen LogP) is 2.25. The molecule has 0 bridgehead atoms. The molecular formula is C11H21NO3Si. The highest BCUT2D eigenvalue weighted by molar-refractivity contribution is 6.67. The maximum Gasteiger partial charge on any atom is 0.337 e. The molecule has 0 amide bonds. The molecule has 0 aromatic heterocycles. The lowest BCUT2D eigenvalue weighted by molar-refractivity contribution is 0.215. The van der Waals surface area contributed by atoms with Crippen molar-refractivity contribution in [3.63, 3.8) is 0 Å². The van der Waals surface area contributed by atoms with Crippen molar-refractivity contribution in [3.8, 4) is 0 Å². The molecule has 0 spiro atoms. The van der Waals surface area contributed by atoms with E-state index >= 15 is 0 Å². The Morgan fingerprint density at radius 3 is 2.25 bits per heavy atom. The molecule has 5 heteroatoms. The van der Waals surface area contributed by atoms with E-state index in [0.717, 1.165) is 25.7 Å². The average Bonchev–Trinajstić information content (AvgIpc) is 2.36. The van der Waals surface area contributed by atoms with Gasteiger partial charge in [-0.25, -0.2) is 9.79 Å². The summed E-state index contributed by atoms with van der Waals surface area (Å²) in [6, 6.07) is 0. The molecule has 0 aromatic rings. The minimum Gasteiger partial charge on any atom is -0.398 e. The van der Waals surface area contributed by atoms with E-state index < -0.39 is 8.56 Å². The van der Waals surface area contributed by atoms with Crippen molar-refractivity contribution in [2.75, 3.05) is 20.8 Å². The van der Waals surface area contributed by atoms with E-state index in [0.29, 0.717) is 18.0 Å². The lowest BCUT2D eigenvalue weighted by atomic mass is 9.89. The molecule has 1 fully saturated rings. The van der Waals surface area contributed by atoms with Crippen molar-refractivity contribution in [2.45, 2.75) is 37.8 Å². The first kappa shape index (κ1) is 13.6. The molecule has 0 atom stereocenters. The van der Waals surface area contributed by atoms with Gasteiger partial charge in [-0.15, -0.1) is 0 Å². The zero-order chi connectivity index (χ0) is 12.0. The molecule has 92 valence electrons. The lowest BCUT2D eigenvalue weighted by Gasteiger charge is -2.36. The first-order chi connectivity index (χ1) is 7.66. The van der Waals surface area contributed by atoms with E-state index in [4.69, 9.17) is 8.85 Å². The molecule has 0 aromatic carbocycles. The van der Waals surface area contributed by atoms with Crippen LogP contribution in [0.3, 0.4) is 0 Å². The van der Waals surface area contributed by atoms with Gasteiger partial charge < -0.3 is 8.85 Å². The molecule has 0 heterocycles. The van der Waals surface area contributed by atoms with Gasteiger partial charge in [0.1, 0.15) is 0 Å². The first-order valence-electron chi connectivity index (χ1n) is 5.80. The summed E-state index contributed by atoms with van der Waals surface area (Å²) in [7, 11) is 1.53. The monoisotopic (exact) mass is 243 g/mol. The van der Waals surface area contributed by atoms with Crippen molar-refractivity contribution >= 4 is 14.6 Å². The van der Waals surface area contributed by atoms with Crippen molar-refractivity contribution in [1.82, 2.24) is 0 Å². The summed E-state index contributed by atoms with van der Waals surface area (Å²) in [6.45, 7) is 2.76. The second-order valence-electron chi connectivity index (χ2n) is 4.57. The molecule has 16 heavy (non-hydrogen) atoms. The normalized spacial score (nSPS) is 26.2. The maximum atomic E-state index is 10.0. The summed E-state index contributed by atoms with van der Waals surface area (Å²) >= 11 is 0. The van der Waals surface area contributed by atoms with E-state index in [9.17, 15) is 4.79 Å². The van der Waals surface area contributed by atoms with E-state index in [1.54, 1.807) is 20.3 Å². The van der Waals surface area contributed by atoms with Crippen LogP contribution in [0.25, 0.3) is 0 Å². The van der Waals surface area contributed by atoms with Gasteiger partial charge in [-0.2, -0.15) is 0 Å². The summed E-state index contributed by atoms with van der Waals surface area (Å²) in [6.07, 6.45) is 6.10. The summed E-state index contributed by atoms with van der Waals surface area (Å²) < 4.78 is 11.1. The Kier molecular flexibility index (Phi) is 5.35. The van der Waals surface area contributed by atoms with Crippen LogP contribution in [0.15, 0.2) is 4.99 Å². The topological polar surface area (TPSA) is 47.9 Å². The van der Waals surface area contributed by atoms with Gasteiger partial charge >= 0.3 is 8.56 Å². The van der Waals surface area contributed by atoms with E-state index in [1.165, 1.54) is 0 Å². The van der Waals surface area contributed by atoms with Gasteiger partial charge in [-0.1, -0.05) is 0 Å². The Morgan fingerprint density at radius 2 is 1.81 bits per heavy atom. The van der Waals surface area contributed by atoms with Crippen molar-refractivity contribution in [1.29, 1.82) is 0 Å². The van der Waals surface area contributed by atoms with Crippen LogP contribution >= 0.6 is 0 Å². The second-order valence-corrected chi connectivity index (χ2v) is 8.24. The summed E-state index contributed by atoms with van der Waals surface area (Å²) in [5.74, 6) is 0.546. The van der Waals surface area contributed by atoms with Crippen LogP contribution < -0.4 is 0 Å². The molecule has 1 saturated carbocycles. The van der Waals surface area contributed by atoms with Gasteiger partial charge in [-0.3, -0.25) is 0 Å². The van der Waals surface area contributed by atoms with Crippen molar-refractivity contribution in [2.24, 2.45) is 10.9 Å². The zero-order valence-corrected chi connectivity index (χ0v) is 11.4. The number of carbonyl (C=O) groups excluding carboxylic acids is 1. The lowest BCUT2D eigenvalue weighted by Crippen LogP contribution is -2.43. The van der Waals surface area contributed by atoms with Crippen LogP contribution in [-0.4, -0.2) is 35.4 Å². The molecule has 0 radical (unpaired) electrons. The fraction of sp³-hybridized carbons (Fsp3) is 0.909. The van der Waals surface area contributed by atoms with Crippen LogP contribution in [-0.2, 0) is 13.6 Å². The number of hydrogen-bond acceptors (Lipinski definition) is 4. The van der Waals surface area contributed by atoms with Gasteiger partial charge in [0, 0.05) is 19.8 Å². The SMILES string of the molecule is CO[Si](C)(OC)C1CCC(CN=C=O)CC1. The summed E-state index contributed by atoms with van der Waals surface area (Å²) in [5.41, 5.74) is 0.568. The minimum absolute atomic E-state index is 0.546. The van der Waals surface area contributed by atoms with Gasteiger partial charge in [0.2, 0.25) is 6.08 Å². The quantitative estimate of drug-likeness (QED) is 0.423. The number of rotatable bonds is 5. The third-order valence-electron chi connectivity index (χ3n) is 3.81. The Morgan fingerprint density at radius 1 is 1.25 bits per heavy atom. The molecule has 1 aliphatic rings. The van der Waals surface area contributed by atoms with Gasteiger partial charge in [0.25, 0.3) is 0 Å². The average molecular weight is 243 g/mol. The summed E-state index contributed by atoms with van der Waals surface area (Å²) in [5, 5.41) is 0. The largest absolute Gasteiger partial charge is 0.398 e. The molecule has 1 rings (SSSR count). The Hall–Kier alpha value is -0.483. The highest BCUT2D eigenvalue weighted by atomic mass is 28.4. The molecule has 0 saturated heterocycles. The Balaban J connectivity index is 2.44. The molecule has 0 unspecified atom stereocenters. The number of isocyanates is 1. The highest BCUT2D eigenvalue weighted by Crippen LogP contribution is 2.39. The Bertz CT molecular complexity index is 254. The molecular weight excluding hydrogens is 222 g/mol. The number of aliphatic imine (C=N–C) groups is 1. The third-order valence-corrected chi connectivity index (χ3v) is 7.49. The molecule has 1 aliphatic carbocycles. The molecule has 0 aliphatic heterocycles. The van der Waals surface area contributed by atoms with E-state index in [-0.39, 0.29) is 0 Å². The minimum atomic E-state index is -1.97. The third kappa shape index (κ3) is 3.25. The smallest absolute Gasteiger partial charge is 0.337 e. The summed E-state index contributed by atoms with van der Waals surface area (Å²) in [4.78, 5) is 13.7. The molecule has 0 N–H and O–H groups in total. The first-order valence-corrected chi connectivity index (χ1v) is 8.19. The van der Waals surface area contributed by atoms with E-state index in [1.807, 2.05) is 0 Å². The van der Waals surface area contributed by atoms with Crippen molar-refractivity contribution < 1.29 is 13.6 Å². The van der Waals surface area contributed by atoms with Crippen LogP contribution in [0.1, 0.15) is 25.7 Å². The van der Waals surface area contributed by atoms with Crippen LogP contribution in [0.2, 0.25) is 12.1 Å². The van der Waals surface area contributed by atoms with Gasteiger partial charge in [-0.05, 0) is 38.1 Å². The maximum absolute atomic E-state index is 10.0. The number of hydrogen-bond donors (Lipinski definition) is 0. The van der Waals surface area contributed by atoms with Gasteiger partial charge in [0.05, 0.1) is 6.54 Å². The second kappa shape index (κ2) is 6.30. The molecule has 4 nitrogen and oxygen atoms in total. The fourth-order valence-corrected chi connectivity index (χ4v) is 4.67. The standard InChI is InChI=1S/C11H21NO3Si/c1-14-16(3,15-2)11-6-4-10(5-7-11)8-12-9-13/h10-11H,4-8H2,1-3H3. The predicted molar refractivity (Wildman–Crippen MR) is 64.3 cm³/mol. The Labute approximate surface area is 98.3 Å². The van der Waals surface area contributed by atoms with Crippen LogP contribution in [0.5, 0.6) is 0 Å². The highest BCUT2D eigenvalue weighted by Gasteiger charge is 2.41. The fourth-order valence-electron chi connectivity index (χ4n) is 2.45. The van der Waals surface area contributed by atoms with Crippen LogP contribution in [0, 0.1) is 5.92 Å². The van der Waals surface area contributed by atoms with Crippen molar-refractivity contribution in [3.05, 3.63) is 0 Å².